The Morgan fingerprint density at radius 1 is 1.42 bits per heavy atom. The highest BCUT2D eigenvalue weighted by atomic mass is 19.4. The first kappa shape index (κ1) is 15.2. The van der Waals surface area contributed by atoms with E-state index in [1.54, 1.807) is 6.92 Å². The van der Waals surface area contributed by atoms with Crippen LogP contribution < -0.4 is 10.9 Å². The van der Waals surface area contributed by atoms with Gasteiger partial charge >= 0.3 is 6.18 Å². The second-order valence-electron chi connectivity index (χ2n) is 4.34. The molecule has 1 atom stereocenters. The van der Waals surface area contributed by atoms with Gasteiger partial charge in [-0.3, -0.25) is 9.59 Å². The highest BCUT2D eigenvalue weighted by Gasteiger charge is 2.49. The largest absolute Gasteiger partial charge is 0.418 e. The molecule has 0 unspecified atom stereocenters. The Kier molecular flexibility index (Phi) is 4.04. The van der Waals surface area contributed by atoms with Gasteiger partial charge in [0.15, 0.2) is 5.60 Å². The van der Waals surface area contributed by atoms with Crippen LogP contribution in [0.5, 0.6) is 0 Å². The van der Waals surface area contributed by atoms with E-state index in [0.29, 0.717) is 12.6 Å². The molecule has 1 amide bonds. The summed E-state index contributed by atoms with van der Waals surface area (Å²) in [6, 6.07) is 2.64. The van der Waals surface area contributed by atoms with Crippen molar-refractivity contribution in [1.82, 2.24) is 10.3 Å². The zero-order valence-electron chi connectivity index (χ0n) is 10.3. The molecule has 1 aromatic rings. The third-order valence-corrected chi connectivity index (χ3v) is 2.50. The molecule has 1 aromatic heterocycles. The minimum atomic E-state index is -4.88. The van der Waals surface area contributed by atoms with E-state index in [4.69, 9.17) is 5.11 Å². The number of hydrogen-bond donors (Lipinski definition) is 3. The monoisotopic (exact) mass is 278 g/mol. The van der Waals surface area contributed by atoms with Gasteiger partial charge in [0.2, 0.25) is 0 Å². The number of pyridine rings is 1. The average molecular weight is 278 g/mol. The highest BCUT2D eigenvalue weighted by molar-refractivity contribution is 5.93. The normalized spacial score (nSPS) is 14.8. The standard InChI is InChI=1S/C11H13F3N2O3/c1-6-3-4-7(9(18)16-6)8(17)15-5-10(2,19)11(12,13)14/h3-4,19H,5H2,1-2H3,(H,15,17)(H,16,18)/t10-/m0/s1. The maximum Gasteiger partial charge on any atom is 0.418 e. The van der Waals surface area contributed by atoms with E-state index in [0.717, 1.165) is 0 Å². The Bertz CT molecular complexity index is 535. The molecule has 0 saturated carbocycles. The summed E-state index contributed by atoms with van der Waals surface area (Å²) < 4.78 is 37.0. The number of nitrogens with one attached hydrogen (secondary N) is 2. The van der Waals surface area contributed by atoms with Crippen molar-refractivity contribution in [2.45, 2.75) is 25.6 Å². The lowest BCUT2D eigenvalue weighted by Gasteiger charge is -2.26. The molecule has 5 nitrogen and oxygen atoms in total. The van der Waals surface area contributed by atoms with E-state index < -0.39 is 29.8 Å². The predicted octanol–water partition coefficient (Wildman–Crippen LogP) is 0.726. The molecule has 0 aromatic carbocycles. The van der Waals surface area contributed by atoms with Crippen molar-refractivity contribution in [3.8, 4) is 0 Å². The number of hydrogen-bond acceptors (Lipinski definition) is 3. The first-order chi connectivity index (χ1) is 8.54. The van der Waals surface area contributed by atoms with E-state index in [-0.39, 0.29) is 5.56 Å². The first-order valence-corrected chi connectivity index (χ1v) is 5.32. The molecule has 1 rings (SSSR count). The Balaban J connectivity index is 2.79. The lowest BCUT2D eigenvalue weighted by atomic mass is 10.1. The van der Waals surface area contributed by atoms with Crippen LogP contribution in [-0.2, 0) is 0 Å². The van der Waals surface area contributed by atoms with Crippen molar-refractivity contribution >= 4 is 5.91 Å². The minimum Gasteiger partial charge on any atom is -0.379 e. The van der Waals surface area contributed by atoms with Crippen LogP contribution in [0.1, 0.15) is 23.0 Å². The fourth-order valence-electron chi connectivity index (χ4n) is 1.20. The van der Waals surface area contributed by atoms with E-state index >= 15 is 0 Å². The number of carbonyl (C=O) groups is 1. The fraction of sp³-hybridized carbons (Fsp3) is 0.455. The van der Waals surface area contributed by atoms with E-state index in [2.05, 4.69) is 4.98 Å². The summed E-state index contributed by atoms with van der Waals surface area (Å²) in [6.07, 6.45) is -4.88. The second kappa shape index (κ2) is 5.04. The third kappa shape index (κ3) is 3.57. The van der Waals surface area contributed by atoms with Crippen LogP contribution in [0.3, 0.4) is 0 Å². The molecule has 0 aliphatic rings. The quantitative estimate of drug-likeness (QED) is 0.762. The molecule has 0 bridgehead atoms. The second-order valence-corrected chi connectivity index (χ2v) is 4.34. The van der Waals surface area contributed by atoms with Crippen LogP contribution in [0.4, 0.5) is 13.2 Å². The van der Waals surface area contributed by atoms with E-state index in [1.807, 2.05) is 5.32 Å². The lowest BCUT2D eigenvalue weighted by molar-refractivity contribution is -0.249. The zero-order valence-corrected chi connectivity index (χ0v) is 10.3. The average Bonchev–Trinajstić information content (AvgIpc) is 2.24. The van der Waals surface area contributed by atoms with E-state index in [9.17, 15) is 22.8 Å². The number of aliphatic hydroxyl groups is 1. The summed E-state index contributed by atoms with van der Waals surface area (Å²) in [7, 11) is 0. The van der Waals surface area contributed by atoms with Crippen molar-refractivity contribution in [2.24, 2.45) is 0 Å². The van der Waals surface area contributed by atoms with Crippen molar-refractivity contribution < 1.29 is 23.1 Å². The number of H-pyrrole nitrogens is 1. The van der Waals surface area contributed by atoms with Gasteiger partial charge in [-0.05, 0) is 26.0 Å². The number of rotatable bonds is 3. The molecule has 0 radical (unpaired) electrons. The van der Waals surface area contributed by atoms with Gasteiger partial charge in [0.05, 0.1) is 6.54 Å². The number of alkyl halides is 3. The predicted molar refractivity (Wildman–Crippen MR) is 60.8 cm³/mol. The molecule has 0 fully saturated rings. The first-order valence-electron chi connectivity index (χ1n) is 5.32. The Morgan fingerprint density at radius 3 is 2.47 bits per heavy atom. The van der Waals surface area contributed by atoms with Crippen LogP contribution >= 0.6 is 0 Å². The van der Waals surface area contributed by atoms with Gasteiger partial charge in [0, 0.05) is 5.69 Å². The van der Waals surface area contributed by atoms with Gasteiger partial charge in [0.25, 0.3) is 11.5 Å². The molecule has 0 aliphatic carbocycles. The Morgan fingerprint density at radius 2 is 2.00 bits per heavy atom. The zero-order chi connectivity index (χ0) is 14.8. The number of carbonyl (C=O) groups excluding carboxylic acids is 1. The number of amides is 1. The molecule has 8 heteroatoms. The van der Waals surface area contributed by atoms with Crippen LogP contribution in [0.2, 0.25) is 0 Å². The maximum absolute atomic E-state index is 12.3. The van der Waals surface area contributed by atoms with Gasteiger partial charge in [-0.25, -0.2) is 0 Å². The van der Waals surface area contributed by atoms with Crippen molar-refractivity contribution in [2.75, 3.05) is 6.54 Å². The topological polar surface area (TPSA) is 82.2 Å². The Hall–Kier alpha value is -1.83. The molecular formula is C11H13F3N2O3. The van der Waals surface area contributed by atoms with Crippen LogP contribution in [0.25, 0.3) is 0 Å². The van der Waals surface area contributed by atoms with Gasteiger partial charge in [-0.2, -0.15) is 13.2 Å². The van der Waals surface area contributed by atoms with Crippen molar-refractivity contribution in [1.29, 1.82) is 0 Å². The molecule has 3 N–H and O–H groups in total. The summed E-state index contributed by atoms with van der Waals surface area (Å²) in [4.78, 5) is 25.3. The van der Waals surface area contributed by atoms with Gasteiger partial charge in [-0.15, -0.1) is 0 Å². The number of aromatic amines is 1. The van der Waals surface area contributed by atoms with Crippen LogP contribution in [-0.4, -0.2) is 34.3 Å². The summed E-state index contributed by atoms with van der Waals surface area (Å²) in [6.45, 7) is 1.09. The van der Waals surface area contributed by atoms with Gasteiger partial charge < -0.3 is 15.4 Å². The van der Waals surface area contributed by atoms with Crippen molar-refractivity contribution in [3.05, 3.63) is 33.7 Å². The van der Waals surface area contributed by atoms with Crippen LogP contribution in [0, 0.1) is 6.92 Å². The highest BCUT2D eigenvalue weighted by Crippen LogP contribution is 2.29. The molecule has 0 aliphatic heterocycles. The number of halogens is 3. The molecule has 0 spiro atoms. The molecular weight excluding hydrogens is 265 g/mol. The third-order valence-electron chi connectivity index (χ3n) is 2.50. The lowest BCUT2D eigenvalue weighted by Crippen LogP contribution is -2.51. The molecule has 106 valence electrons. The summed E-state index contributed by atoms with van der Waals surface area (Å²) in [5.74, 6) is -0.981. The molecule has 19 heavy (non-hydrogen) atoms. The summed E-state index contributed by atoms with van der Waals surface area (Å²) in [5, 5.41) is 11.0. The van der Waals surface area contributed by atoms with Crippen LogP contribution in [0.15, 0.2) is 16.9 Å². The maximum atomic E-state index is 12.3. The number of aromatic nitrogens is 1. The van der Waals surface area contributed by atoms with Gasteiger partial charge in [0.1, 0.15) is 5.56 Å². The SMILES string of the molecule is Cc1ccc(C(=O)NC[C@](C)(O)C(F)(F)F)c(=O)[nH]1. The van der Waals surface area contributed by atoms with E-state index in [1.165, 1.54) is 12.1 Å². The molecule has 0 saturated heterocycles. The van der Waals surface area contributed by atoms with Gasteiger partial charge in [-0.1, -0.05) is 0 Å². The summed E-state index contributed by atoms with van der Waals surface area (Å²) in [5.41, 5.74) is -3.56. The van der Waals surface area contributed by atoms with Crippen molar-refractivity contribution in [3.63, 3.8) is 0 Å². The summed E-state index contributed by atoms with van der Waals surface area (Å²) >= 11 is 0. The Labute approximate surface area is 106 Å². The molecule has 1 heterocycles. The fourth-order valence-corrected chi connectivity index (χ4v) is 1.20. The number of aryl methyl sites for hydroxylation is 1. The minimum absolute atomic E-state index is 0.316. The smallest absolute Gasteiger partial charge is 0.379 e.